The minimum atomic E-state index is 0.684. The van der Waals surface area contributed by atoms with Crippen molar-refractivity contribution in [2.45, 2.75) is 5.92 Å². The summed E-state index contributed by atoms with van der Waals surface area (Å²) in [5.74, 6) is 1.71. The van der Waals surface area contributed by atoms with Gasteiger partial charge in [-0.05, 0) is 11.6 Å². The zero-order chi connectivity index (χ0) is 9.26. The van der Waals surface area contributed by atoms with Crippen molar-refractivity contribution in [2.24, 2.45) is 0 Å². The first kappa shape index (κ1) is 8.51. The van der Waals surface area contributed by atoms with Gasteiger partial charge in [0.15, 0.2) is 0 Å². The standard InChI is InChI=1S/C10H15N3/c1-13(2)10-4-3-8(7-12-10)9-5-11-6-9/h3-4,7,9,11H,5-6H2,1-2H3. The molecule has 1 saturated heterocycles. The Morgan fingerprint density at radius 1 is 1.38 bits per heavy atom. The van der Waals surface area contributed by atoms with Crippen LogP contribution in [0.15, 0.2) is 18.3 Å². The van der Waals surface area contributed by atoms with E-state index in [4.69, 9.17) is 0 Å². The molecule has 3 nitrogen and oxygen atoms in total. The van der Waals surface area contributed by atoms with Gasteiger partial charge in [0.25, 0.3) is 0 Å². The summed E-state index contributed by atoms with van der Waals surface area (Å²) in [6.45, 7) is 2.20. The highest BCUT2D eigenvalue weighted by Crippen LogP contribution is 2.20. The number of pyridine rings is 1. The number of nitrogens with one attached hydrogen (secondary N) is 1. The lowest BCUT2D eigenvalue weighted by Gasteiger charge is -2.27. The molecular formula is C10H15N3. The highest BCUT2D eigenvalue weighted by atomic mass is 15.1. The topological polar surface area (TPSA) is 28.2 Å². The van der Waals surface area contributed by atoms with Crippen molar-refractivity contribution in [3.05, 3.63) is 23.9 Å². The fraction of sp³-hybridized carbons (Fsp3) is 0.500. The number of aromatic nitrogens is 1. The van der Waals surface area contributed by atoms with Gasteiger partial charge < -0.3 is 10.2 Å². The van der Waals surface area contributed by atoms with Crippen LogP contribution in [0.5, 0.6) is 0 Å². The average Bonchev–Trinajstić information content (AvgIpc) is 2.02. The molecule has 1 aromatic heterocycles. The lowest BCUT2D eigenvalue weighted by molar-refractivity contribution is 0.447. The van der Waals surface area contributed by atoms with Crippen molar-refractivity contribution >= 4 is 5.82 Å². The lowest BCUT2D eigenvalue weighted by Crippen LogP contribution is -2.39. The van der Waals surface area contributed by atoms with E-state index in [1.54, 1.807) is 0 Å². The Kier molecular flexibility index (Phi) is 2.19. The third-order valence-corrected chi connectivity index (χ3v) is 2.48. The van der Waals surface area contributed by atoms with Crippen LogP contribution in [0.2, 0.25) is 0 Å². The van der Waals surface area contributed by atoms with Crippen LogP contribution >= 0.6 is 0 Å². The zero-order valence-corrected chi connectivity index (χ0v) is 8.12. The highest BCUT2D eigenvalue weighted by molar-refractivity contribution is 5.38. The van der Waals surface area contributed by atoms with E-state index in [1.165, 1.54) is 5.56 Å². The Hall–Kier alpha value is -1.09. The Morgan fingerprint density at radius 3 is 2.54 bits per heavy atom. The molecule has 1 aliphatic rings. The van der Waals surface area contributed by atoms with Crippen LogP contribution in [0, 0.1) is 0 Å². The Balaban J connectivity index is 2.13. The molecule has 1 aromatic rings. The molecule has 1 aliphatic heterocycles. The SMILES string of the molecule is CN(C)c1ccc(C2CNC2)cn1. The number of anilines is 1. The summed E-state index contributed by atoms with van der Waals surface area (Å²) >= 11 is 0. The maximum absolute atomic E-state index is 4.38. The summed E-state index contributed by atoms with van der Waals surface area (Å²) in [7, 11) is 4.01. The van der Waals surface area contributed by atoms with Gasteiger partial charge in [-0.3, -0.25) is 0 Å². The van der Waals surface area contributed by atoms with Crippen LogP contribution in [0.3, 0.4) is 0 Å². The molecule has 1 fully saturated rings. The second-order valence-electron chi connectivity index (χ2n) is 3.70. The molecule has 3 heteroatoms. The van der Waals surface area contributed by atoms with Gasteiger partial charge in [-0.15, -0.1) is 0 Å². The summed E-state index contributed by atoms with van der Waals surface area (Å²) in [4.78, 5) is 6.40. The zero-order valence-electron chi connectivity index (χ0n) is 8.12. The summed E-state index contributed by atoms with van der Waals surface area (Å²) in [5, 5.41) is 3.26. The second-order valence-corrected chi connectivity index (χ2v) is 3.70. The maximum atomic E-state index is 4.38. The number of rotatable bonds is 2. The molecule has 0 aromatic carbocycles. The van der Waals surface area contributed by atoms with Gasteiger partial charge in [0.1, 0.15) is 5.82 Å². The van der Waals surface area contributed by atoms with Crippen molar-refractivity contribution in [3.8, 4) is 0 Å². The Labute approximate surface area is 78.8 Å². The van der Waals surface area contributed by atoms with Crippen LogP contribution in [-0.2, 0) is 0 Å². The van der Waals surface area contributed by atoms with Crippen molar-refractivity contribution in [2.75, 3.05) is 32.1 Å². The van der Waals surface area contributed by atoms with E-state index < -0.39 is 0 Å². The van der Waals surface area contributed by atoms with Crippen LogP contribution in [0.1, 0.15) is 11.5 Å². The van der Waals surface area contributed by atoms with Gasteiger partial charge in [-0.25, -0.2) is 4.98 Å². The number of hydrogen-bond acceptors (Lipinski definition) is 3. The van der Waals surface area contributed by atoms with Crippen molar-refractivity contribution in [3.63, 3.8) is 0 Å². The van der Waals surface area contributed by atoms with Crippen LogP contribution in [0.4, 0.5) is 5.82 Å². The van der Waals surface area contributed by atoms with E-state index in [1.807, 2.05) is 25.2 Å². The van der Waals surface area contributed by atoms with Crippen molar-refractivity contribution in [1.82, 2.24) is 10.3 Å². The summed E-state index contributed by atoms with van der Waals surface area (Å²) in [6.07, 6.45) is 1.99. The van der Waals surface area contributed by atoms with Gasteiger partial charge in [0.05, 0.1) is 0 Å². The molecule has 0 aliphatic carbocycles. The maximum Gasteiger partial charge on any atom is 0.127 e. The van der Waals surface area contributed by atoms with Crippen LogP contribution in [-0.4, -0.2) is 32.2 Å². The molecular weight excluding hydrogens is 162 g/mol. The van der Waals surface area contributed by atoms with E-state index in [-0.39, 0.29) is 0 Å². The fourth-order valence-electron chi connectivity index (χ4n) is 1.43. The van der Waals surface area contributed by atoms with Crippen molar-refractivity contribution < 1.29 is 0 Å². The van der Waals surface area contributed by atoms with Gasteiger partial charge >= 0.3 is 0 Å². The molecule has 0 spiro atoms. The predicted octanol–water partition coefficient (Wildman–Crippen LogP) is 0.834. The summed E-state index contributed by atoms with van der Waals surface area (Å²) < 4.78 is 0. The van der Waals surface area contributed by atoms with E-state index in [0.29, 0.717) is 5.92 Å². The molecule has 2 heterocycles. The first-order valence-corrected chi connectivity index (χ1v) is 4.61. The predicted molar refractivity (Wildman–Crippen MR) is 54.2 cm³/mol. The third kappa shape index (κ3) is 1.65. The van der Waals surface area contributed by atoms with E-state index in [9.17, 15) is 0 Å². The Bertz CT molecular complexity index is 275. The molecule has 0 amide bonds. The number of hydrogen-bond donors (Lipinski definition) is 1. The summed E-state index contributed by atoms with van der Waals surface area (Å²) in [6, 6.07) is 4.25. The highest BCUT2D eigenvalue weighted by Gasteiger charge is 2.18. The molecule has 0 unspecified atom stereocenters. The minimum Gasteiger partial charge on any atom is -0.363 e. The first-order chi connectivity index (χ1) is 6.27. The lowest BCUT2D eigenvalue weighted by atomic mass is 9.95. The summed E-state index contributed by atoms with van der Waals surface area (Å²) in [5.41, 5.74) is 1.35. The van der Waals surface area contributed by atoms with E-state index >= 15 is 0 Å². The largest absolute Gasteiger partial charge is 0.363 e. The molecule has 0 radical (unpaired) electrons. The molecule has 70 valence electrons. The first-order valence-electron chi connectivity index (χ1n) is 4.61. The molecule has 0 saturated carbocycles. The van der Waals surface area contributed by atoms with Crippen LogP contribution < -0.4 is 10.2 Å². The second kappa shape index (κ2) is 3.34. The minimum absolute atomic E-state index is 0.684. The monoisotopic (exact) mass is 177 g/mol. The number of nitrogens with zero attached hydrogens (tertiary/aromatic N) is 2. The van der Waals surface area contributed by atoms with Gasteiger partial charge in [-0.2, -0.15) is 0 Å². The molecule has 1 N–H and O–H groups in total. The molecule has 0 atom stereocenters. The van der Waals surface area contributed by atoms with Gasteiger partial charge in [0, 0.05) is 39.3 Å². The molecule has 2 rings (SSSR count). The molecule has 13 heavy (non-hydrogen) atoms. The third-order valence-electron chi connectivity index (χ3n) is 2.48. The smallest absolute Gasteiger partial charge is 0.127 e. The van der Waals surface area contributed by atoms with E-state index in [0.717, 1.165) is 18.9 Å². The van der Waals surface area contributed by atoms with Gasteiger partial charge in [-0.1, -0.05) is 6.07 Å². The quantitative estimate of drug-likeness (QED) is 0.725. The van der Waals surface area contributed by atoms with Crippen molar-refractivity contribution in [1.29, 1.82) is 0 Å². The normalized spacial score (nSPS) is 16.8. The average molecular weight is 177 g/mol. The fourth-order valence-corrected chi connectivity index (χ4v) is 1.43. The van der Waals surface area contributed by atoms with Gasteiger partial charge in [0.2, 0.25) is 0 Å². The van der Waals surface area contributed by atoms with Crippen LogP contribution in [0.25, 0.3) is 0 Å². The van der Waals surface area contributed by atoms with E-state index in [2.05, 4.69) is 22.4 Å². The Morgan fingerprint density at radius 2 is 2.15 bits per heavy atom. The molecule has 0 bridgehead atoms.